The SMILES string of the molecule is C/C(=N\OCC(=O)OCc1cn(-c2ccccc2)nc1-c1ccccc1)c1ccc2c(c1)OCO2. The molecular formula is C27H23N3O5. The number of esters is 1. The van der Waals surface area contributed by atoms with Crippen molar-refractivity contribution in [1.82, 2.24) is 9.78 Å². The van der Waals surface area contributed by atoms with Crippen molar-refractivity contribution in [2.75, 3.05) is 13.4 Å². The fraction of sp³-hybridized carbons (Fsp3) is 0.148. The molecule has 2 heterocycles. The van der Waals surface area contributed by atoms with Crippen molar-refractivity contribution in [2.24, 2.45) is 5.16 Å². The Morgan fingerprint density at radius 3 is 2.54 bits per heavy atom. The summed E-state index contributed by atoms with van der Waals surface area (Å²) >= 11 is 0. The third-order valence-corrected chi connectivity index (χ3v) is 5.42. The Bertz CT molecular complexity index is 1350. The molecule has 1 aliphatic heterocycles. The summed E-state index contributed by atoms with van der Waals surface area (Å²) in [6.45, 7) is 1.74. The Labute approximate surface area is 202 Å². The monoisotopic (exact) mass is 469 g/mol. The fourth-order valence-corrected chi connectivity index (χ4v) is 3.62. The van der Waals surface area contributed by atoms with E-state index in [1.165, 1.54) is 0 Å². The molecule has 0 radical (unpaired) electrons. The summed E-state index contributed by atoms with van der Waals surface area (Å²) in [6, 6.07) is 25.0. The topological polar surface area (TPSA) is 84.2 Å². The number of nitrogens with zero attached hydrogens (tertiary/aromatic N) is 3. The molecule has 0 bridgehead atoms. The van der Waals surface area contributed by atoms with Gasteiger partial charge in [0.05, 0.1) is 17.1 Å². The lowest BCUT2D eigenvalue weighted by atomic mass is 10.1. The molecule has 0 spiro atoms. The number of aromatic nitrogens is 2. The highest BCUT2D eigenvalue weighted by Crippen LogP contribution is 2.32. The van der Waals surface area contributed by atoms with Crippen LogP contribution in [-0.2, 0) is 21.0 Å². The number of para-hydroxylation sites is 1. The number of oxime groups is 1. The average Bonchev–Trinajstić information content (AvgIpc) is 3.55. The van der Waals surface area contributed by atoms with E-state index < -0.39 is 5.97 Å². The number of carbonyl (C=O) groups excluding carboxylic acids is 1. The molecule has 1 aliphatic rings. The van der Waals surface area contributed by atoms with Crippen LogP contribution in [0.1, 0.15) is 18.1 Å². The minimum absolute atomic E-state index is 0.0596. The summed E-state index contributed by atoms with van der Waals surface area (Å²) in [5.41, 5.74) is 4.80. The van der Waals surface area contributed by atoms with Crippen molar-refractivity contribution in [3.8, 4) is 28.4 Å². The summed E-state index contributed by atoms with van der Waals surface area (Å²) < 4.78 is 17.9. The van der Waals surface area contributed by atoms with Gasteiger partial charge in [0.2, 0.25) is 13.4 Å². The Balaban J connectivity index is 1.23. The second-order valence-corrected chi connectivity index (χ2v) is 7.83. The molecule has 0 amide bonds. The number of carbonyl (C=O) groups is 1. The minimum Gasteiger partial charge on any atom is -0.458 e. The van der Waals surface area contributed by atoms with E-state index in [1.54, 1.807) is 11.6 Å². The van der Waals surface area contributed by atoms with Crippen LogP contribution in [0.3, 0.4) is 0 Å². The van der Waals surface area contributed by atoms with Crippen LogP contribution in [0.4, 0.5) is 0 Å². The quantitative estimate of drug-likeness (QED) is 0.210. The van der Waals surface area contributed by atoms with Crippen molar-refractivity contribution in [2.45, 2.75) is 13.5 Å². The maximum Gasteiger partial charge on any atom is 0.347 e. The maximum atomic E-state index is 12.3. The number of fused-ring (bicyclic) bond motifs is 1. The van der Waals surface area contributed by atoms with Gasteiger partial charge in [-0.05, 0) is 37.3 Å². The summed E-state index contributed by atoms with van der Waals surface area (Å²) in [5, 5.41) is 8.75. The molecule has 5 rings (SSSR count). The zero-order valence-electron chi connectivity index (χ0n) is 19.1. The van der Waals surface area contributed by atoms with E-state index in [1.807, 2.05) is 85.1 Å². The maximum absolute atomic E-state index is 12.3. The first-order valence-corrected chi connectivity index (χ1v) is 11.1. The first-order chi connectivity index (χ1) is 17.2. The Kier molecular flexibility index (Phi) is 6.43. The molecule has 3 aromatic carbocycles. The Hall–Kier alpha value is -4.59. The molecule has 0 N–H and O–H groups in total. The van der Waals surface area contributed by atoms with E-state index in [9.17, 15) is 4.79 Å². The van der Waals surface area contributed by atoms with E-state index in [-0.39, 0.29) is 20.0 Å². The summed E-state index contributed by atoms with van der Waals surface area (Å²) in [7, 11) is 0. The van der Waals surface area contributed by atoms with E-state index in [0.717, 1.165) is 28.1 Å². The van der Waals surface area contributed by atoms with E-state index in [0.29, 0.717) is 17.2 Å². The van der Waals surface area contributed by atoms with Crippen LogP contribution in [0.15, 0.2) is 90.2 Å². The average molecular weight is 469 g/mol. The molecule has 0 saturated heterocycles. The van der Waals surface area contributed by atoms with Crippen LogP contribution in [-0.4, -0.2) is 34.9 Å². The largest absolute Gasteiger partial charge is 0.458 e. The molecule has 4 aromatic rings. The molecule has 1 aromatic heterocycles. The van der Waals surface area contributed by atoms with Crippen LogP contribution >= 0.6 is 0 Å². The number of hydrogen-bond donors (Lipinski definition) is 0. The molecule has 8 nitrogen and oxygen atoms in total. The van der Waals surface area contributed by atoms with Crippen LogP contribution < -0.4 is 9.47 Å². The van der Waals surface area contributed by atoms with Gasteiger partial charge in [-0.15, -0.1) is 0 Å². The predicted molar refractivity (Wildman–Crippen MR) is 130 cm³/mol. The van der Waals surface area contributed by atoms with Gasteiger partial charge in [0.1, 0.15) is 6.61 Å². The van der Waals surface area contributed by atoms with Gasteiger partial charge in [-0.2, -0.15) is 5.10 Å². The smallest absolute Gasteiger partial charge is 0.347 e. The molecule has 0 atom stereocenters. The van der Waals surface area contributed by atoms with E-state index >= 15 is 0 Å². The van der Waals surface area contributed by atoms with Gasteiger partial charge in [-0.25, -0.2) is 9.48 Å². The van der Waals surface area contributed by atoms with Gasteiger partial charge in [-0.3, -0.25) is 0 Å². The van der Waals surface area contributed by atoms with Gasteiger partial charge in [-0.1, -0.05) is 53.7 Å². The number of rotatable bonds is 8. The van der Waals surface area contributed by atoms with E-state index in [4.69, 9.17) is 24.1 Å². The summed E-state index contributed by atoms with van der Waals surface area (Å²) in [5.74, 6) is 0.817. The number of hydrogen-bond acceptors (Lipinski definition) is 7. The van der Waals surface area contributed by atoms with E-state index in [2.05, 4.69) is 5.16 Å². The molecule has 0 fully saturated rings. The number of benzene rings is 3. The standard InChI is InChI=1S/C27H23N3O5/c1-19(21-12-13-24-25(14-21)34-18-33-24)29-35-17-26(31)32-16-22-15-30(23-10-6-3-7-11-23)28-27(22)20-8-4-2-5-9-20/h2-15H,16-18H2,1H3/b29-19+. The zero-order chi connectivity index (χ0) is 24.0. The molecule has 176 valence electrons. The van der Waals surface area contributed by atoms with Crippen LogP contribution in [0, 0.1) is 0 Å². The highest BCUT2D eigenvalue weighted by Gasteiger charge is 2.16. The molecule has 0 unspecified atom stereocenters. The predicted octanol–water partition coefficient (Wildman–Crippen LogP) is 4.75. The van der Waals surface area contributed by atoms with Crippen LogP contribution in [0.5, 0.6) is 11.5 Å². The summed E-state index contributed by atoms with van der Waals surface area (Å²) in [4.78, 5) is 17.6. The van der Waals surface area contributed by atoms with Gasteiger partial charge in [0, 0.05) is 22.9 Å². The van der Waals surface area contributed by atoms with Gasteiger partial charge in [0.15, 0.2) is 11.5 Å². The number of ether oxygens (including phenoxy) is 3. The molecule has 0 saturated carbocycles. The lowest BCUT2D eigenvalue weighted by Crippen LogP contribution is -2.11. The first-order valence-electron chi connectivity index (χ1n) is 11.1. The fourth-order valence-electron chi connectivity index (χ4n) is 3.62. The zero-order valence-corrected chi connectivity index (χ0v) is 19.1. The molecule has 8 heteroatoms. The van der Waals surface area contributed by atoms with Gasteiger partial charge < -0.3 is 19.0 Å². The Morgan fingerprint density at radius 2 is 1.74 bits per heavy atom. The third kappa shape index (κ3) is 5.16. The Morgan fingerprint density at radius 1 is 1.00 bits per heavy atom. The van der Waals surface area contributed by atoms with Gasteiger partial charge in [0.25, 0.3) is 0 Å². The summed E-state index contributed by atoms with van der Waals surface area (Å²) in [6.07, 6.45) is 1.87. The van der Waals surface area contributed by atoms with Crippen molar-refractivity contribution in [3.63, 3.8) is 0 Å². The second-order valence-electron chi connectivity index (χ2n) is 7.83. The lowest BCUT2D eigenvalue weighted by molar-refractivity contribution is -0.150. The third-order valence-electron chi connectivity index (χ3n) is 5.42. The van der Waals surface area contributed by atoms with Crippen molar-refractivity contribution >= 4 is 11.7 Å². The molecular weight excluding hydrogens is 446 g/mol. The lowest BCUT2D eigenvalue weighted by Gasteiger charge is -2.06. The minimum atomic E-state index is -0.529. The highest BCUT2D eigenvalue weighted by molar-refractivity contribution is 5.99. The normalized spacial score (nSPS) is 12.4. The van der Waals surface area contributed by atoms with Crippen molar-refractivity contribution < 1.29 is 23.8 Å². The van der Waals surface area contributed by atoms with Crippen LogP contribution in [0.2, 0.25) is 0 Å². The van der Waals surface area contributed by atoms with Crippen molar-refractivity contribution in [1.29, 1.82) is 0 Å². The van der Waals surface area contributed by atoms with Gasteiger partial charge >= 0.3 is 5.97 Å². The molecule has 35 heavy (non-hydrogen) atoms. The second kappa shape index (κ2) is 10.1. The van der Waals surface area contributed by atoms with Crippen LogP contribution in [0.25, 0.3) is 16.9 Å². The highest BCUT2D eigenvalue weighted by atomic mass is 16.7. The molecule has 0 aliphatic carbocycles. The van der Waals surface area contributed by atoms with Crippen molar-refractivity contribution in [3.05, 3.63) is 96.2 Å². The first kappa shape index (κ1) is 22.2.